The van der Waals surface area contributed by atoms with Gasteiger partial charge in [0, 0.05) is 21.1 Å². The minimum absolute atomic E-state index is 0. The van der Waals surface area contributed by atoms with Crippen LogP contribution in [0.15, 0.2) is 66.7 Å². The summed E-state index contributed by atoms with van der Waals surface area (Å²) in [6.07, 6.45) is 5.79. The summed E-state index contributed by atoms with van der Waals surface area (Å²) in [5.74, 6) is 1.89. The van der Waals surface area contributed by atoms with E-state index in [1.807, 2.05) is 30.3 Å². The van der Waals surface area contributed by atoms with E-state index in [-0.39, 0.29) is 36.9 Å². The number of benzene rings is 3. The Morgan fingerprint density at radius 2 is 1.00 bits per heavy atom. The molecule has 1 unspecified atom stereocenters. The second kappa shape index (κ2) is 19.5. The molecule has 0 aromatic heterocycles. The molecule has 0 amide bonds. The van der Waals surface area contributed by atoms with Crippen LogP contribution in [0.3, 0.4) is 0 Å². The van der Waals surface area contributed by atoms with Crippen molar-refractivity contribution in [1.29, 1.82) is 0 Å². The molecule has 2 aliphatic heterocycles. The molecule has 2 fully saturated rings. The van der Waals surface area contributed by atoms with Crippen molar-refractivity contribution in [3.63, 3.8) is 0 Å². The van der Waals surface area contributed by atoms with Crippen molar-refractivity contribution in [3.8, 4) is 0 Å². The van der Waals surface area contributed by atoms with Crippen LogP contribution in [0.25, 0.3) is 0 Å². The molecule has 5 rings (SSSR count). The molecule has 3 aromatic carbocycles. The van der Waals surface area contributed by atoms with Gasteiger partial charge in [0.15, 0.2) is 0 Å². The predicted octanol–water partition coefficient (Wildman–Crippen LogP) is 11.5. The van der Waals surface area contributed by atoms with Gasteiger partial charge in [-0.2, -0.15) is 36.4 Å². The van der Waals surface area contributed by atoms with Gasteiger partial charge in [-0.25, -0.2) is 0 Å². The van der Waals surface area contributed by atoms with Crippen molar-refractivity contribution in [3.05, 3.63) is 89.5 Å². The third kappa shape index (κ3) is 10.6. The van der Waals surface area contributed by atoms with Crippen LogP contribution in [-0.2, 0) is 21.1 Å². The van der Waals surface area contributed by atoms with Crippen molar-refractivity contribution in [2.75, 3.05) is 6.66 Å². The maximum Gasteiger partial charge on any atom is 0 e. The standard InChI is InChI=1S/C18H28P2.C16H27P.C6H5.Pt/c1-13-9-10-14(2)19(13)17-7-5-6-8-18(17)20-15(3)11-12-16(20)4;1-10(2)13-8-14(11(3)4)16(17-7)15(9-13)12(5)6;1-2-4-6-5-3-1;/h5-8,13-16H,9-12H2,1-4H3;8-12,17H,1-7H3;1-5H;/q;;-1;/t13-,14-,15-,16-;;;/m1.../s1. The van der Waals surface area contributed by atoms with Gasteiger partial charge < -0.3 is 0 Å². The summed E-state index contributed by atoms with van der Waals surface area (Å²) in [4.78, 5) is 0. The molecule has 0 spiro atoms. The van der Waals surface area contributed by atoms with E-state index >= 15 is 0 Å². The van der Waals surface area contributed by atoms with Gasteiger partial charge in [-0.1, -0.05) is 130 Å². The molecule has 0 bridgehead atoms. The molecule has 2 heterocycles. The van der Waals surface area contributed by atoms with Gasteiger partial charge in [-0.3, -0.25) is 0 Å². The Bertz CT molecular complexity index is 1120. The van der Waals surface area contributed by atoms with E-state index in [0.717, 1.165) is 31.2 Å². The van der Waals surface area contributed by atoms with Crippen LogP contribution in [0.2, 0.25) is 0 Å². The molecule has 2 saturated heterocycles. The average Bonchev–Trinajstić information content (AvgIpc) is 3.52. The minimum Gasteiger partial charge on any atom is -0.184 e. The second-order valence-corrected chi connectivity index (χ2v) is 20.8. The fraction of sp³-hybridized carbons (Fsp3) is 0.550. The van der Waals surface area contributed by atoms with Gasteiger partial charge in [0.1, 0.15) is 0 Å². The summed E-state index contributed by atoms with van der Waals surface area (Å²) in [5, 5.41) is 5.18. The summed E-state index contributed by atoms with van der Waals surface area (Å²) in [6, 6.07) is 26.9. The largest absolute Gasteiger partial charge is 0.184 e. The molecule has 0 saturated carbocycles. The van der Waals surface area contributed by atoms with Crippen molar-refractivity contribution in [2.45, 2.75) is 135 Å². The van der Waals surface area contributed by atoms with E-state index in [1.54, 1.807) is 27.0 Å². The number of hydrogen-bond donors (Lipinski definition) is 0. The maximum absolute atomic E-state index is 2.89. The van der Waals surface area contributed by atoms with Crippen LogP contribution in [0.4, 0.5) is 0 Å². The van der Waals surface area contributed by atoms with Gasteiger partial charge in [-0.05, 0) is 105 Å². The average molecular weight is 829 g/mol. The zero-order valence-electron chi connectivity index (χ0n) is 29.4. The van der Waals surface area contributed by atoms with Crippen molar-refractivity contribution < 1.29 is 21.1 Å². The Labute approximate surface area is 291 Å². The quantitative estimate of drug-likeness (QED) is 0.172. The predicted molar refractivity (Wildman–Crippen MR) is 204 cm³/mol. The molecule has 44 heavy (non-hydrogen) atoms. The van der Waals surface area contributed by atoms with E-state index in [1.165, 1.54) is 31.2 Å². The minimum atomic E-state index is 0. The number of rotatable bonds is 6. The molecular weight excluding hydrogens is 768 g/mol. The van der Waals surface area contributed by atoms with Crippen LogP contribution >= 0.6 is 24.4 Å². The van der Waals surface area contributed by atoms with Gasteiger partial charge in [0.2, 0.25) is 0 Å². The van der Waals surface area contributed by atoms with Gasteiger partial charge in [0.05, 0.1) is 0 Å². The molecule has 0 aliphatic carbocycles. The molecule has 246 valence electrons. The van der Waals surface area contributed by atoms with E-state index in [2.05, 4.69) is 118 Å². The summed E-state index contributed by atoms with van der Waals surface area (Å²) in [5.41, 5.74) is 8.38. The second-order valence-electron chi connectivity index (χ2n) is 13.7. The first-order valence-electron chi connectivity index (χ1n) is 16.9. The fourth-order valence-corrected chi connectivity index (χ4v) is 15.4. The molecule has 5 atom stereocenters. The molecule has 3 aromatic rings. The fourth-order valence-electron chi connectivity index (χ4n) is 6.83. The van der Waals surface area contributed by atoms with Crippen LogP contribution < -0.4 is 15.9 Å². The zero-order valence-corrected chi connectivity index (χ0v) is 34.5. The summed E-state index contributed by atoms with van der Waals surface area (Å²) >= 11 is 0. The van der Waals surface area contributed by atoms with Crippen molar-refractivity contribution in [1.82, 2.24) is 0 Å². The normalized spacial score (nSPS) is 22.2. The first-order valence-corrected chi connectivity index (χ1v) is 21.4. The Hall–Kier alpha value is -0.362. The van der Waals surface area contributed by atoms with Crippen molar-refractivity contribution in [2.24, 2.45) is 0 Å². The summed E-state index contributed by atoms with van der Waals surface area (Å²) < 4.78 is 0. The van der Waals surface area contributed by atoms with Crippen LogP contribution in [0.1, 0.15) is 129 Å². The molecule has 0 radical (unpaired) electrons. The molecule has 0 nitrogen and oxygen atoms in total. The van der Waals surface area contributed by atoms with E-state index in [0.29, 0.717) is 17.8 Å². The van der Waals surface area contributed by atoms with E-state index < -0.39 is 0 Å². The molecule has 0 N–H and O–H groups in total. The summed E-state index contributed by atoms with van der Waals surface area (Å²) in [6.45, 7) is 26.1. The topological polar surface area (TPSA) is 0 Å². The third-order valence-electron chi connectivity index (χ3n) is 9.33. The van der Waals surface area contributed by atoms with E-state index in [4.69, 9.17) is 0 Å². The number of hydrogen-bond acceptors (Lipinski definition) is 0. The van der Waals surface area contributed by atoms with Gasteiger partial charge >= 0.3 is 0 Å². The van der Waals surface area contributed by atoms with Gasteiger partial charge in [0.25, 0.3) is 0 Å². The summed E-state index contributed by atoms with van der Waals surface area (Å²) in [7, 11) is 1.06. The molecule has 4 heteroatoms. The van der Waals surface area contributed by atoms with E-state index in [9.17, 15) is 0 Å². The van der Waals surface area contributed by atoms with Gasteiger partial charge in [-0.15, -0.1) is 0 Å². The Morgan fingerprint density at radius 1 is 0.614 bits per heavy atom. The SMILES string of the molecule is CPc1c(C(C)C)cc(C(C)C)cc1C(C)C.C[C@@H]1CC[C@@H](C)P1c1ccccc1P1[C@H](C)CC[C@H]1C.[Pt].[c-]1ccccc1. The first kappa shape index (κ1) is 39.8. The van der Waals surface area contributed by atoms with Crippen LogP contribution in [-0.4, -0.2) is 29.3 Å². The van der Waals surface area contributed by atoms with Crippen LogP contribution in [0, 0.1) is 6.07 Å². The van der Waals surface area contributed by atoms with Crippen molar-refractivity contribution >= 4 is 40.3 Å². The Kier molecular flexibility index (Phi) is 17.6. The van der Waals surface area contributed by atoms with Crippen LogP contribution in [0.5, 0.6) is 0 Å². The first-order chi connectivity index (χ1) is 20.5. The maximum atomic E-state index is 2.89. The third-order valence-corrected chi connectivity index (χ3v) is 17.3. The Balaban J connectivity index is 0.000000256. The molecular formula is C40H60P3Pt-. The zero-order chi connectivity index (χ0) is 31.7. The monoisotopic (exact) mass is 828 g/mol. The molecule has 2 aliphatic rings. The Morgan fingerprint density at radius 3 is 1.25 bits per heavy atom. The smallest absolute Gasteiger partial charge is 0 e.